The number of hydrogen-bond acceptors (Lipinski definition) is 5. The number of carbonyl (C=O) groups excluding carboxylic acids is 3. The largest absolute Gasteiger partial charge is 0.374 e. The molecule has 1 aliphatic heterocycles. The van der Waals surface area contributed by atoms with E-state index in [2.05, 4.69) is 22.2 Å². The highest BCUT2D eigenvalue weighted by molar-refractivity contribution is 6.11. The van der Waals surface area contributed by atoms with Gasteiger partial charge in [0.05, 0.1) is 48.4 Å². The summed E-state index contributed by atoms with van der Waals surface area (Å²) in [7, 11) is 0. The van der Waals surface area contributed by atoms with Crippen LogP contribution in [-0.4, -0.2) is 52.5 Å². The number of carbonyl (C=O) groups is 3. The van der Waals surface area contributed by atoms with E-state index in [0.717, 1.165) is 11.3 Å². The zero-order valence-corrected chi connectivity index (χ0v) is 21.2. The van der Waals surface area contributed by atoms with Crippen molar-refractivity contribution in [3.8, 4) is 22.4 Å². The number of rotatable bonds is 8. The average Bonchev–Trinajstić information content (AvgIpc) is 3.25. The predicted octanol–water partition coefficient (Wildman–Crippen LogP) is 3.67. The molecule has 0 atom stereocenters. The summed E-state index contributed by atoms with van der Waals surface area (Å²) in [6.07, 6.45) is 4.59. The molecule has 0 unspecified atom stereocenters. The normalized spacial score (nSPS) is 13.9. The maximum absolute atomic E-state index is 14.2. The van der Waals surface area contributed by atoms with Gasteiger partial charge in [0.1, 0.15) is 0 Å². The molecule has 3 heterocycles. The van der Waals surface area contributed by atoms with E-state index >= 15 is 0 Å². The number of aryl methyl sites for hydroxylation is 1. The quantitative estimate of drug-likeness (QED) is 0.301. The highest BCUT2D eigenvalue weighted by atomic mass is 19.1. The van der Waals surface area contributed by atoms with Gasteiger partial charge in [-0.15, -0.1) is 0 Å². The number of ether oxygens (including phenoxy) is 1. The molecule has 4 N–H and O–H groups in total. The summed E-state index contributed by atoms with van der Waals surface area (Å²) in [5.74, 6) is -1.38. The lowest BCUT2D eigenvalue weighted by atomic mass is 9.96. The number of benzene rings is 2. The number of aromatic nitrogens is 2. The summed E-state index contributed by atoms with van der Waals surface area (Å²) in [5, 5.41) is 5.32. The zero-order chi connectivity index (χ0) is 27.7. The Morgan fingerprint density at radius 1 is 1.13 bits per heavy atom. The Morgan fingerprint density at radius 2 is 1.79 bits per heavy atom. The smallest absolute Gasteiger partial charge is 0.251 e. The SMILES string of the molecule is C=CC(=O)Nc1ccc(-c2c(-c3ccc(C(=O)NCC4(F)COC4)cc3)c(C(N)=O)c3cnc(C)cn23)cc1. The fraction of sp³-hybridized carbons (Fsp3) is 0.172. The van der Waals surface area contributed by atoms with E-state index < -0.39 is 17.5 Å². The first-order valence-electron chi connectivity index (χ1n) is 12.2. The third kappa shape index (κ3) is 5.01. The molecular weight excluding hydrogens is 501 g/mol. The summed E-state index contributed by atoms with van der Waals surface area (Å²) in [6, 6.07) is 13.8. The molecule has 198 valence electrons. The van der Waals surface area contributed by atoms with Crippen LogP contribution in [0.3, 0.4) is 0 Å². The number of alkyl halides is 1. The number of nitrogens with zero attached hydrogens (tertiary/aromatic N) is 2. The van der Waals surface area contributed by atoms with Crippen LogP contribution in [0.4, 0.5) is 10.1 Å². The van der Waals surface area contributed by atoms with Crippen molar-refractivity contribution in [1.82, 2.24) is 14.7 Å². The minimum absolute atomic E-state index is 0.0386. The molecule has 0 spiro atoms. The van der Waals surface area contributed by atoms with E-state index in [1.165, 1.54) is 6.08 Å². The van der Waals surface area contributed by atoms with Crippen molar-refractivity contribution >= 4 is 28.9 Å². The van der Waals surface area contributed by atoms with E-state index in [1.54, 1.807) is 42.6 Å². The minimum Gasteiger partial charge on any atom is -0.374 e. The molecule has 2 aromatic carbocycles. The molecule has 1 fully saturated rings. The maximum atomic E-state index is 14.2. The number of primary amides is 1. The van der Waals surface area contributed by atoms with Gasteiger partial charge in [-0.2, -0.15) is 0 Å². The van der Waals surface area contributed by atoms with E-state index in [1.807, 2.05) is 29.7 Å². The second-order valence-electron chi connectivity index (χ2n) is 9.42. The molecule has 0 radical (unpaired) electrons. The van der Waals surface area contributed by atoms with Gasteiger partial charge in [-0.1, -0.05) is 30.8 Å². The topological polar surface area (TPSA) is 128 Å². The van der Waals surface area contributed by atoms with E-state index in [0.29, 0.717) is 33.6 Å². The van der Waals surface area contributed by atoms with Gasteiger partial charge in [-0.3, -0.25) is 19.4 Å². The number of halogens is 1. The molecule has 0 aliphatic carbocycles. The standard InChI is InChI=1S/C29H26FN5O4/c1-3-23(36)34-21-10-8-19(9-11-21)26-24(25(27(31)37)22-12-32-17(2)13-35(22)26)18-4-6-20(7-5-18)28(38)33-14-29(30)15-39-16-29/h3-13H,1,14-16H2,2H3,(H2,31,37)(H,33,38)(H,34,36). The third-order valence-electron chi connectivity index (χ3n) is 6.53. The van der Waals surface area contributed by atoms with Crippen LogP contribution >= 0.6 is 0 Å². The van der Waals surface area contributed by atoms with Gasteiger partial charge in [0.2, 0.25) is 5.91 Å². The monoisotopic (exact) mass is 527 g/mol. The van der Waals surface area contributed by atoms with Crippen molar-refractivity contribution in [2.24, 2.45) is 5.73 Å². The van der Waals surface area contributed by atoms with Crippen molar-refractivity contribution in [2.45, 2.75) is 12.6 Å². The van der Waals surface area contributed by atoms with Crippen LogP contribution in [-0.2, 0) is 9.53 Å². The van der Waals surface area contributed by atoms with Crippen LogP contribution < -0.4 is 16.4 Å². The fourth-order valence-corrected chi connectivity index (χ4v) is 4.53. The van der Waals surface area contributed by atoms with Gasteiger partial charge < -0.3 is 25.5 Å². The summed E-state index contributed by atoms with van der Waals surface area (Å²) in [5.41, 5.74) is 9.45. The number of anilines is 1. The molecule has 0 saturated carbocycles. The van der Waals surface area contributed by atoms with Crippen molar-refractivity contribution in [2.75, 3.05) is 25.1 Å². The van der Waals surface area contributed by atoms with Crippen LogP contribution in [0.2, 0.25) is 0 Å². The molecule has 1 saturated heterocycles. The number of hydrogen-bond donors (Lipinski definition) is 3. The summed E-state index contributed by atoms with van der Waals surface area (Å²) < 4.78 is 21.0. The highest BCUT2D eigenvalue weighted by Gasteiger charge is 2.39. The molecular formula is C29H26FN5O4. The molecule has 1 aliphatic rings. The van der Waals surface area contributed by atoms with E-state index in [4.69, 9.17) is 10.5 Å². The molecule has 4 aromatic rings. The summed E-state index contributed by atoms with van der Waals surface area (Å²) in [4.78, 5) is 41.4. The van der Waals surface area contributed by atoms with Crippen molar-refractivity contribution in [3.63, 3.8) is 0 Å². The lowest BCUT2D eigenvalue weighted by molar-refractivity contribution is -0.126. The fourth-order valence-electron chi connectivity index (χ4n) is 4.53. The Kier molecular flexibility index (Phi) is 6.71. The number of fused-ring (bicyclic) bond motifs is 1. The summed E-state index contributed by atoms with van der Waals surface area (Å²) in [6.45, 7) is 5.09. The number of amides is 3. The Balaban J connectivity index is 1.58. The highest BCUT2D eigenvalue weighted by Crippen LogP contribution is 2.39. The molecule has 5 rings (SSSR count). The van der Waals surface area contributed by atoms with E-state index in [-0.39, 0.29) is 31.2 Å². The van der Waals surface area contributed by atoms with Crippen LogP contribution in [0, 0.1) is 6.92 Å². The lowest BCUT2D eigenvalue weighted by Crippen LogP contribution is -2.53. The second-order valence-corrected chi connectivity index (χ2v) is 9.42. The minimum atomic E-state index is -1.54. The Morgan fingerprint density at radius 3 is 2.38 bits per heavy atom. The first-order valence-corrected chi connectivity index (χ1v) is 12.2. The van der Waals surface area contributed by atoms with Crippen molar-refractivity contribution in [1.29, 1.82) is 0 Å². The summed E-state index contributed by atoms with van der Waals surface area (Å²) >= 11 is 0. The molecule has 0 bridgehead atoms. The van der Waals surface area contributed by atoms with Gasteiger partial charge in [-0.25, -0.2) is 4.39 Å². The molecule has 3 amide bonds. The van der Waals surface area contributed by atoms with E-state index in [9.17, 15) is 18.8 Å². The molecule has 10 heteroatoms. The number of nitrogens with one attached hydrogen (secondary N) is 2. The number of nitrogens with two attached hydrogens (primary N) is 1. The first-order chi connectivity index (χ1) is 18.7. The Hall–Kier alpha value is -4.83. The van der Waals surface area contributed by atoms with Gasteiger partial charge in [-0.05, 0) is 48.4 Å². The van der Waals surface area contributed by atoms with Crippen LogP contribution in [0.25, 0.3) is 27.9 Å². The lowest BCUT2D eigenvalue weighted by Gasteiger charge is -2.33. The third-order valence-corrected chi connectivity index (χ3v) is 6.53. The zero-order valence-electron chi connectivity index (χ0n) is 21.2. The van der Waals surface area contributed by atoms with Crippen LogP contribution in [0.5, 0.6) is 0 Å². The van der Waals surface area contributed by atoms with Crippen molar-refractivity contribution in [3.05, 3.63) is 90.4 Å². The Labute approximate surface area is 223 Å². The van der Waals surface area contributed by atoms with Crippen LogP contribution in [0.1, 0.15) is 26.4 Å². The first kappa shape index (κ1) is 25.8. The molecule has 2 aromatic heterocycles. The predicted molar refractivity (Wildman–Crippen MR) is 145 cm³/mol. The second kappa shape index (κ2) is 10.1. The van der Waals surface area contributed by atoms with Gasteiger partial charge >= 0.3 is 0 Å². The van der Waals surface area contributed by atoms with Gasteiger partial charge in [0, 0.05) is 23.0 Å². The van der Waals surface area contributed by atoms with Gasteiger partial charge in [0.25, 0.3) is 11.8 Å². The molecule has 39 heavy (non-hydrogen) atoms. The Bertz CT molecular complexity index is 1610. The van der Waals surface area contributed by atoms with Gasteiger partial charge in [0.15, 0.2) is 5.67 Å². The average molecular weight is 528 g/mol. The van der Waals surface area contributed by atoms with Crippen LogP contribution in [0.15, 0.2) is 73.6 Å². The maximum Gasteiger partial charge on any atom is 0.251 e. The van der Waals surface area contributed by atoms with Crippen molar-refractivity contribution < 1.29 is 23.5 Å². The molecule has 9 nitrogen and oxygen atoms in total.